The molecule has 0 saturated carbocycles. The fraction of sp³-hybridized carbons (Fsp3) is 0.375. The van der Waals surface area contributed by atoms with Crippen LogP contribution in [0, 0.1) is 0 Å². The highest BCUT2D eigenvalue weighted by Crippen LogP contribution is 1.99. The fourth-order valence-electron chi connectivity index (χ4n) is 0.940. The number of hydrogen-bond acceptors (Lipinski definition) is 5. The molecule has 0 aromatic heterocycles. The van der Waals surface area contributed by atoms with Crippen molar-refractivity contribution in [2.75, 3.05) is 6.54 Å². The first-order chi connectivity index (χ1) is 7.73. The Labute approximate surface area is 95.3 Å². The van der Waals surface area contributed by atoms with Crippen LogP contribution in [0.5, 0.6) is 0 Å². The van der Waals surface area contributed by atoms with Gasteiger partial charge in [0, 0.05) is 0 Å². The second kappa shape index (κ2) is 6.20. The predicted octanol–water partition coefficient (Wildman–Crippen LogP) is -2.82. The molecule has 0 fully saturated rings. The van der Waals surface area contributed by atoms with Crippen LogP contribution in [-0.2, 0) is 24.0 Å². The van der Waals surface area contributed by atoms with Crippen molar-refractivity contribution in [1.82, 2.24) is 4.90 Å². The Morgan fingerprint density at radius 2 is 1.24 bits per heavy atom. The number of amides is 4. The Balaban J connectivity index is 4.79. The van der Waals surface area contributed by atoms with Gasteiger partial charge in [0.25, 0.3) is 0 Å². The van der Waals surface area contributed by atoms with E-state index in [1.54, 1.807) is 0 Å². The molecule has 0 aromatic rings. The van der Waals surface area contributed by atoms with Crippen LogP contribution in [0.4, 0.5) is 0 Å². The monoisotopic (exact) mass is 245 g/mol. The van der Waals surface area contributed by atoms with Gasteiger partial charge in [-0.2, -0.15) is 0 Å². The predicted molar refractivity (Wildman–Crippen MR) is 52.0 cm³/mol. The summed E-state index contributed by atoms with van der Waals surface area (Å²) in [5, 5.41) is 8.47. The molecule has 0 atom stereocenters. The van der Waals surface area contributed by atoms with Gasteiger partial charge in [-0.15, -0.1) is 0 Å². The Morgan fingerprint density at radius 1 is 0.882 bits per heavy atom. The molecule has 9 nitrogen and oxygen atoms in total. The molecule has 0 aromatic carbocycles. The summed E-state index contributed by atoms with van der Waals surface area (Å²) >= 11 is 0. The molecule has 0 aliphatic rings. The van der Waals surface area contributed by atoms with Gasteiger partial charge in [0.1, 0.15) is 19.4 Å². The molecule has 0 rings (SSSR count). The van der Waals surface area contributed by atoms with Gasteiger partial charge in [0.15, 0.2) is 0 Å². The molecule has 0 saturated heterocycles. The Kier molecular flexibility index (Phi) is 5.31. The lowest BCUT2D eigenvalue weighted by atomic mass is 10.3. The summed E-state index contributed by atoms with van der Waals surface area (Å²) in [6, 6.07) is 0. The number of hydrogen-bond donors (Lipinski definition) is 3. The third-order valence-corrected chi connectivity index (χ3v) is 1.55. The minimum atomic E-state index is -1.47. The van der Waals surface area contributed by atoms with Crippen molar-refractivity contribution in [3.63, 3.8) is 0 Å². The maximum absolute atomic E-state index is 11.3. The molecule has 0 spiro atoms. The van der Waals surface area contributed by atoms with Crippen LogP contribution in [0.25, 0.3) is 0 Å². The van der Waals surface area contributed by atoms with Crippen LogP contribution >= 0.6 is 0 Å². The standard InChI is InChI=1S/C8H11N3O6/c9-4(12)1-6(14)11(3-8(16)17)7(15)2-5(10)13/h1-3H2,(H2,9,12)(H2,10,13)(H,16,17). The van der Waals surface area contributed by atoms with Crippen molar-refractivity contribution in [2.24, 2.45) is 11.5 Å². The summed E-state index contributed by atoms with van der Waals surface area (Å²) in [5.74, 6) is -5.69. The molecule has 0 aliphatic carbocycles. The zero-order valence-electron chi connectivity index (χ0n) is 8.71. The van der Waals surface area contributed by atoms with Crippen molar-refractivity contribution in [3.05, 3.63) is 0 Å². The molecule has 17 heavy (non-hydrogen) atoms. The van der Waals surface area contributed by atoms with Gasteiger partial charge in [-0.05, 0) is 0 Å². The van der Waals surface area contributed by atoms with Crippen molar-refractivity contribution >= 4 is 29.6 Å². The first kappa shape index (κ1) is 14.6. The lowest BCUT2D eigenvalue weighted by molar-refractivity contribution is -0.153. The van der Waals surface area contributed by atoms with Gasteiger partial charge in [-0.1, -0.05) is 0 Å². The first-order valence-electron chi connectivity index (χ1n) is 4.35. The summed E-state index contributed by atoms with van der Waals surface area (Å²) in [4.78, 5) is 54.2. The number of rotatable bonds is 6. The third-order valence-electron chi connectivity index (χ3n) is 1.55. The molecule has 0 aliphatic heterocycles. The summed E-state index contributed by atoms with van der Waals surface area (Å²) in [5.41, 5.74) is 9.45. The minimum absolute atomic E-state index is 0.248. The van der Waals surface area contributed by atoms with Crippen LogP contribution in [0.15, 0.2) is 0 Å². The largest absolute Gasteiger partial charge is 0.480 e. The number of nitrogens with two attached hydrogens (primary N) is 2. The average Bonchev–Trinajstić information content (AvgIpc) is 2.11. The van der Waals surface area contributed by atoms with E-state index in [0.717, 1.165) is 0 Å². The maximum atomic E-state index is 11.3. The van der Waals surface area contributed by atoms with E-state index in [4.69, 9.17) is 16.6 Å². The van der Waals surface area contributed by atoms with E-state index in [9.17, 15) is 24.0 Å². The van der Waals surface area contributed by atoms with Crippen molar-refractivity contribution in [3.8, 4) is 0 Å². The number of nitrogens with zero attached hydrogens (tertiary/aromatic N) is 1. The topological polar surface area (TPSA) is 161 Å². The van der Waals surface area contributed by atoms with Crippen LogP contribution in [0.2, 0.25) is 0 Å². The molecule has 0 unspecified atom stereocenters. The normalized spacial score (nSPS) is 9.41. The van der Waals surface area contributed by atoms with Crippen LogP contribution in [0.1, 0.15) is 12.8 Å². The van der Waals surface area contributed by atoms with Crippen LogP contribution < -0.4 is 11.5 Å². The van der Waals surface area contributed by atoms with E-state index in [1.165, 1.54) is 0 Å². The lowest BCUT2D eigenvalue weighted by Crippen LogP contribution is -2.43. The Hall–Kier alpha value is -2.45. The summed E-state index contributed by atoms with van der Waals surface area (Å²) in [6.07, 6.45) is -1.64. The summed E-state index contributed by atoms with van der Waals surface area (Å²) in [6.45, 7) is -0.960. The van der Waals surface area contributed by atoms with Gasteiger partial charge < -0.3 is 16.6 Å². The number of aliphatic carboxylic acids is 1. The van der Waals surface area contributed by atoms with Crippen LogP contribution in [0.3, 0.4) is 0 Å². The number of carboxylic acid groups (broad SMARTS) is 1. The summed E-state index contributed by atoms with van der Waals surface area (Å²) < 4.78 is 0. The number of carboxylic acids is 1. The third kappa shape index (κ3) is 5.87. The van der Waals surface area contributed by atoms with Crippen LogP contribution in [-0.4, -0.2) is 46.1 Å². The van der Waals surface area contributed by atoms with Gasteiger partial charge in [0.2, 0.25) is 23.6 Å². The molecule has 9 heteroatoms. The molecular formula is C8H11N3O6. The van der Waals surface area contributed by atoms with Crippen molar-refractivity contribution in [2.45, 2.75) is 12.8 Å². The first-order valence-corrected chi connectivity index (χ1v) is 4.35. The van der Waals surface area contributed by atoms with E-state index in [-0.39, 0.29) is 4.90 Å². The second-order valence-corrected chi connectivity index (χ2v) is 3.05. The summed E-state index contributed by atoms with van der Waals surface area (Å²) in [7, 11) is 0. The Bertz CT molecular complexity index is 349. The van der Waals surface area contributed by atoms with Gasteiger partial charge >= 0.3 is 5.97 Å². The van der Waals surface area contributed by atoms with E-state index >= 15 is 0 Å². The maximum Gasteiger partial charge on any atom is 0.323 e. The molecule has 94 valence electrons. The SMILES string of the molecule is NC(=O)CC(=O)N(CC(=O)O)C(=O)CC(N)=O. The van der Waals surface area contributed by atoms with E-state index in [2.05, 4.69) is 0 Å². The van der Waals surface area contributed by atoms with Crippen molar-refractivity contribution < 1.29 is 29.1 Å². The number of imide groups is 1. The van der Waals surface area contributed by atoms with E-state index in [1.807, 2.05) is 0 Å². The average molecular weight is 245 g/mol. The number of carbonyl (C=O) groups is 5. The smallest absolute Gasteiger partial charge is 0.323 e. The minimum Gasteiger partial charge on any atom is -0.480 e. The zero-order chi connectivity index (χ0) is 13.6. The van der Waals surface area contributed by atoms with Gasteiger partial charge in [-0.25, -0.2) is 0 Å². The highest BCUT2D eigenvalue weighted by atomic mass is 16.4. The van der Waals surface area contributed by atoms with Gasteiger partial charge in [0.05, 0.1) is 0 Å². The molecule has 0 heterocycles. The second-order valence-electron chi connectivity index (χ2n) is 3.05. The highest BCUT2D eigenvalue weighted by Gasteiger charge is 2.25. The molecule has 0 bridgehead atoms. The number of primary amides is 2. The van der Waals surface area contributed by atoms with Crippen molar-refractivity contribution in [1.29, 1.82) is 0 Å². The molecule has 5 N–H and O–H groups in total. The fourth-order valence-corrected chi connectivity index (χ4v) is 0.940. The Morgan fingerprint density at radius 3 is 1.47 bits per heavy atom. The number of carbonyl (C=O) groups excluding carboxylic acids is 4. The molecule has 0 radical (unpaired) electrons. The van der Waals surface area contributed by atoms with E-state index in [0.29, 0.717) is 0 Å². The highest BCUT2D eigenvalue weighted by molar-refractivity contribution is 6.08. The molecular weight excluding hydrogens is 234 g/mol. The lowest BCUT2D eigenvalue weighted by Gasteiger charge is -2.17. The quantitative estimate of drug-likeness (QED) is 0.427. The molecule has 4 amide bonds. The zero-order valence-corrected chi connectivity index (χ0v) is 8.71. The van der Waals surface area contributed by atoms with Gasteiger partial charge in [-0.3, -0.25) is 28.9 Å². The van der Waals surface area contributed by atoms with E-state index < -0.39 is 49.0 Å².